The van der Waals surface area contributed by atoms with Gasteiger partial charge in [0.15, 0.2) is 0 Å². The third-order valence-corrected chi connectivity index (χ3v) is 7.04. The van der Waals surface area contributed by atoms with Crippen LogP contribution in [0.5, 0.6) is 0 Å². The van der Waals surface area contributed by atoms with Crippen molar-refractivity contribution < 1.29 is 0 Å². The molecule has 0 spiro atoms. The third kappa shape index (κ3) is 6.55. The average Bonchev–Trinajstić information content (AvgIpc) is 2.74. The van der Waals surface area contributed by atoms with E-state index in [2.05, 4.69) is 62.1 Å². The van der Waals surface area contributed by atoms with Crippen LogP contribution in [0.4, 0.5) is 0 Å². The van der Waals surface area contributed by atoms with E-state index in [1.165, 1.54) is 82.6 Å². The number of allylic oxidation sites excluding steroid dienone is 2. The number of hydrogen-bond acceptors (Lipinski definition) is 0. The summed E-state index contributed by atoms with van der Waals surface area (Å²) in [6.45, 7) is 4.57. The Kier molecular flexibility index (Phi) is 8.72. The van der Waals surface area contributed by atoms with Crippen molar-refractivity contribution in [2.24, 2.45) is 17.8 Å². The highest BCUT2D eigenvalue weighted by Crippen LogP contribution is 2.36. The highest BCUT2D eigenvalue weighted by atomic mass is 14.3. The zero-order valence-electron chi connectivity index (χ0n) is 18.3. The fourth-order valence-electron chi connectivity index (χ4n) is 5.24. The van der Waals surface area contributed by atoms with Gasteiger partial charge in [-0.25, -0.2) is 0 Å². The number of rotatable bonds is 6. The van der Waals surface area contributed by atoms with Crippen molar-refractivity contribution in [1.82, 2.24) is 0 Å². The van der Waals surface area contributed by atoms with Crippen LogP contribution in [0.3, 0.4) is 0 Å². The summed E-state index contributed by atoms with van der Waals surface area (Å²) in [4.78, 5) is 0. The number of hydrogen-bond donors (Lipinski definition) is 0. The molecular weight excluding hydrogens is 336 g/mol. The Labute approximate surface area is 174 Å². The molecule has 0 atom stereocenters. The van der Waals surface area contributed by atoms with Crippen LogP contribution in [-0.4, -0.2) is 0 Å². The Morgan fingerprint density at radius 1 is 0.857 bits per heavy atom. The molecule has 0 radical (unpaired) electrons. The summed E-state index contributed by atoms with van der Waals surface area (Å²) >= 11 is 0. The predicted molar refractivity (Wildman–Crippen MR) is 122 cm³/mol. The van der Waals surface area contributed by atoms with Crippen molar-refractivity contribution in [2.75, 3.05) is 0 Å². The van der Waals surface area contributed by atoms with Gasteiger partial charge in [-0.05, 0) is 92.7 Å². The summed E-state index contributed by atoms with van der Waals surface area (Å²) in [5.41, 5.74) is 3.03. The van der Waals surface area contributed by atoms with Gasteiger partial charge in [-0.2, -0.15) is 0 Å². The zero-order valence-corrected chi connectivity index (χ0v) is 18.3. The van der Waals surface area contributed by atoms with E-state index in [0.717, 1.165) is 17.8 Å². The molecule has 2 aliphatic rings. The lowest BCUT2D eigenvalue weighted by Gasteiger charge is -2.26. The summed E-state index contributed by atoms with van der Waals surface area (Å²) in [5, 5.41) is 0. The van der Waals surface area contributed by atoms with Crippen molar-refractivity contribution in [3.05, 3.63) is 47.5 Å². The first-order valence-electron chi connectivity index (χ1n) is 12.0. The van der Waals surface area contributed by atoms with Gasteiger partial charge in [-0.3, -0.25) is 0 Å². The van der Waals surface area contributed by atoms with E-state index in [1.807, 2.05) is 0 Å². The molecule has 0 N–H and O–H groups in total. The summed E-state index contributed by atoms with van der Waals surface area (Å²) in [5.74, 6) is 10.1. The molecule has 3 rings (SSSR count). The molecular formula is C28H40. The Morgan fingerprint density at radius 2 is 1.57 bits per heavy atom. The van der Waals surface area contributed by atoms with Crippen molar-refractivity contribution in [1.29, 1.82) is 0 Å². The Hall–Kier alpha value is -1.48. The minimum atomic E-state index is 0.612. The largest absolute Gasteiger partial charge is 0.0951 e. The highest BCUT2D eigenvalue weighted by molar-refractivity contribution is 5.26. The van der Waals surface area contributed by atoms with E-state index in [1.54, 1.807) is 5.56 Å². The molecule has 0 unspecified atom stereocenters. The van der Waals surface area contributed by atoms with Crippen LogP contribution in [0.1, 0.15) is 102 Å². The minimum Gasteiger partial charge on any atom is -0.0951 e. The number of aryl methyl sites for hydroxylation is 1. The van der Waals surface area contributed by atoms with Crippen LogP contribution in [0.25, 0.3) is 0 Å². The van der Waals surface area contributed by atoms with Crippen LogP contribution >= 0.6 is 0 Å². The van der Waals surface area contributed by atoms with E-state index < -0.39 is 0 Å². The summed E-state index contributed by atoms with van der Waals surface area (Å²) in [7, 11) is 0. The second kappa shape index (κ2) is 11.5. The third-order valence-electron chi connectivity index (χ3n) is 7.04. The lowest BCUT2D eigenvalue weighted by Crippen LogP contribution is -2.12. The predicted octanol–water partition coefficient (Wildman–Crippen LogP) is 8.08. The van der Waals surface area contributed by atoms with Gasteiger partial charge >= 0.3 is 0 Å². The van der Waals surface area contributed by atoms with Gasteiger partial charge in [0.2, 0.25) is 0 Å². The lowest BCUT2D eigenvalue weighted by molar-refractivity contribution is 0.294. The second-order valence-electron chi connectivity index (χ2n) is 9.26. The molecule has 0 heterocycles. The first-order chi connectivity index (χ1) is 13.8. The van der Waals surface area contributed by atoms with E-state index in [0.29, 0.717) is 5.92 Å². The first-order valence-corrected chi connectivity index (χ1v) is 12.0. The van der Waals surface area contributed by atoms with Gasteiger partial charge in [0.25, 0.3) is 0 Å². The van der Waals surface area contributed by atoms with E-state index in [-0.39, 0.29) is 0 Å². The maximum Gasteiger partial charge on any atom is 0.0206 e. The van der Waals surface area contributed by atoms with Crippen molar-refractivity contribution >= 4 is 0 Å². The normalized spacial score (nSPS) is 28.1. The van der Waals surface area contributed by atoms with Crippen LogP contribution in [0.2, 0.25) is 0 Å². The molecule has 0 saturated heterocycles. The van der Waals surface area contributed by atoms with Gasteiger partial charge < -0.3 is 0 Å². The molecule has 2 aliphatic carbocycles. The maximum atomic E-state index is 3.55. The van der Waals surface area contributed by atoms with E-state index in [9.17, 15) is 0 Å². The van der Waals surface area contributed by atoms with Crippen LogP contribution < -0.4 is 0 Å². The van der Waals surface area contributed by atoms with Gasteiger partial charge in [0, 0.05) is 5.92 Å². The molecule has 152 valence electrons. The second-order valence-corrected chi connectivity index (χ2v) is 9.26. The fourth-order valence-corrected chi connectivity index (χ4v) is 5.24. The molecule has 0 nitrogen and oxygen atoms in total. The SMILES string of the molecule is CCCc1ccc([C@H]2CC[C@H](C#CC=C[C@H]3CC[C@H](CCC)CC3)CC2)cc1. The summed E-state index contributed by atoms with van der Waals surface area (Å²) in [6.07, 6.45) is 20.6. The Bertz CT molecular complexity index is 638. The summed E-state index contributed by atoms with van der Waals surface area (Å²) < 4.78 is 0. The van der Waals surface area contributed by atoms with Crippen molar-refractivity contribution in [2.45, 2.75) is 96.8 Å². The monoisotopic (exact) mass is 376 g/mol. The molecule has 2 fully saturated rings. The number of benzene rings is 1. The standard InChI is InChI=1S/C28H40/c1-3-7-23-11-13-25(14-12-23)9-5-6-10-26-17-21-28(22-18-26)27-19-15-24(8-4-2)16-20-27/h5,9,15-16,19-20,23,25-26,28H,3-4,7-8,11-14,17-18,21-22H2,1-2H3/t23-,25-,26-,28-. The molecule has 2 saturated carbocycles. The van der Waals surface area contributed by atoms with Crippen LogP contribution in [-0.2, 0) is 6.42 Å². The Balaban J connectivity index is 1.39. The van der Waals surface area contributed by atoms with Crippen LogP contribution in [0, 0.1) is 29.6 Å². The highest BCUT2D eigenvalue weighted by Gasteiger charge is 2.21. The molecule has 0 aliphatic heterocycles. The minimum absolute atomic E-state index is 0.612. The van der Waals surface area contributed by atoms with Gasteiger partial charge in [0.05, 0.1) is 0 Å². The van der Waals surface area contributed by atoms with Gasteiger partial charge in [-0.1, -0.05) is 75.3 Å². The molecule has 0 heteroatoms. The zero-order chi connectivity index (χ0) is 19.6. The molecule has 1 aromatic rings. The molecule has 0 bridgehead atoms. The van der Waals surface area contributed by atoms with Crippen molar-refractivity contribution in [3.8, 4) is 11.8 Å². The van der Waals surface area contributed by atoms with Crippen LogP contribution in [0.15, 0.2) is 36.4 Å². The molecule has 1 aromatic carbocycles. The summed E-state index contributed by atoms with van der Waals surface area (Å²) in [6, 6.07) is 9.43. The first kappa shape index (κ1) is 21.2. The molecule has 28 heavy (non-hydrogen) atoms. The maximum absolute atomic E-state index is 3.55. The van der Waals surface area contributed by atoms with Gasteiger partial charge in [0.1, 0.15) is 0 Å². The fraction of sp³-hybridized carbons (Fsp3) is 0.643. The molecule has 0 amide bonds. The molecule has 0 aromatic heterocycles. The topological polar surface area (TPSA) is 0 Å². The average molecular weight is 377 g/mol. The lowest BCUT2D eigenvalue weighted by atomic mass is 9.78. The Morgan fingerprint density at radius 3 is 2.21 bits per heavy atom. The van der Waals surface area contributed by atoms with Gasteiger partial charge in [-0.15, -0.1) is 0 Å². The quantitative estimate of drug-likeness (QED) is 0.440. The van der Waals surface area contributed by atoms with E-state index in [4.69, 9.17) is 0 Å². The van der Waals surface area contributed by atoms with Crippen molar-refractivity contribution in [3.63, 3.8) is 0 Å². The smallest absolute Gasteiger partial charge is 0.0206 e. The van der Waals surface area contributed by atoms with E-state index >= 15 is 0 Å².